The van der Waals surface area contributed by atoms with Crippen molar-refractivity contribution in [3.63, 3.8) is 0 Å². The van der Waals surface area contributed by atoms with E-state index in [2.05, 4.69) is 28.7 Å². The van der Waals surface area contributed by atoms with Crippen LogP contribution in [0, 0.1) is 5.92 Å². The Labute approximate surface area is 90.5 Å². The van der Waals surface area contributed by atoms with Crippen LogP contribution in [-0.2, 0) is 0 Å². The first-order chi connectivity index (χ1) is 7.24. The van der Waals surface area contributed by atoms with Crippen molar-refractivity contribution in [3.05, 3.63) is 18.0 Å². The molecule has 3 nitrogen and oxygen atoms in total. The van der Waals surface area contributed by atoms with Crippen LogP contribution in [0.15, 0.2) is 12.3 Å². The maximum Gasteiger partial charge on any atom is 0.225 e. The molecule has 3 heterocycles. The summed E-state index contributed by atoms with van der Waals surface area (Å²) in [6, 6.07) is 2.76. The zero-order valence-electron chi connectivity index (χ0n) is 9.35. The number of rotatable bonds is 2. The zero-order valence-corrected chi connectivity index (χ0v) is 9.35. The molecule has 3 aliphatic rings. The van der Waals surface area contributed by atoms with Gasteiger partial charge in [0.2, 0.25) is 5.95 Å². The third-order valence-electron chi connectivity index (χ3n) is 3.62. The van der Waals surface area contributed by atoms with E-state index < -0.39 is 0 Å². The number of anilines is 1. The molecule has 15 heavy (non-hydrogen) atoms. The molecule has 0 N–H and O–H groups in total. The molecule has 2 bridgehead atoms. The minimum Gasteiger partial charge on any atom is -0.338 e. The van der Waals surface area contributed by atoms with Gasteiger partial charge < -0.3 is 4.90 Å². The van der Waals surface area contributed by atoms with E-state index in [1.54, 1.807) is 0 Å². The van der Waals surface area contributed by atoms with Gasteiger partial charge in [-0.3, -0.25) is 0 Å². The maximum absolute atomic E-state index is 4.65. The van der Waals surface area contributed by atoms with E-state index in [-0.39, 0.29) is 0 Å². The van der Waals surface area contributed by atoms with Crippen molar-refractivity contribution >= 4 is 5.95 Å². The van der Waals surface area contributed by atoms with E-state index in [0.717, 1.165) is 23.6 Å². The molecule has 0 unspecified atom stereocenters. The Balaban J connectivity index is 1.88. The summed E-state index contributed by atoms with van der Waals surface area (Å²) in [5, 5.41) is 0. The molecule has 3 heteroatoms. The van der Waals surface area contributed by atoms with Crippen LogP contribution in [0.25, 0.3) is 0 Å². The molecule has 2 aliphatic heterocycles. The van der Waals surface area contributed by atoms with Gasteiger partial charge in [0, 0.05) is 24.5 Å². The lowest BCUT2D eigenvalue weighted by Gasteiger charge is -2.25. The fourth-order valence-electron chi connectivity index (χ4n) is 2.60. The number of aromatic nitrogens is 2. The lowest BCUT2D eigenvalue weighted by atomic mass is 9.86. The lowest BCUT2D eigenvalue weighted by molar-refractivity contribution is 0.380. The van der Waals surface area contributed by atoms with E-state index in [0.29, 0.717) is 5.92 Å². The summed E-state index contributed by atoms with van der Waals surface area (Å²) < 4.78 is 0. The number of hydrogen-bond acceptors (Lipinski definition) is 3. The molecular weight excluding hydrogens is 186 g/mol. The summed E-state index contributed by atoms with van der Waals surface area (Å²) in [5.41, 5.74) is 1.16. The summed E-state index contributed by atoms with van der Waals surface area (Å²) >= 11 is 0. The molecule has 0 atom stereocenters. The molecule has 0 amide bonds. The van der Waals surface area contributed by atoms with Crippen molar-refractivity contribution < 1.29 is 0 Å². The summed E-state index contributed by atoms with van der Waals surface area (Å²) in [5.74, 6) is 2.36. The lowest BCUT2D eigenvalue weighted by Crippen LogP contribution is -2.30. The summed E-state index contributed by atoms with van der Waals surface area (Å²) in [7, 11) is 0. The highest BCUT2D eigenvalue weighted by Crippen LogP contribution is 2.42. The van der Waals surface area contributed by atoms with E-state index in [4.69, 9.17) is 0 Å². The molecule has 0 spiro atoms. The molecule has 1 aromatic rings. The molecular formula is C12H17N3. The van der Waals surface area contributed by atoms with Crippen molar-refractivity contribution in [2.24, 2.45) is 5.92 Å². The van der Waals surface area contributed by atoms with Crippen LogP contribution in [0.2, 0.25) is 0 Å². The van der Waals surface area contributed by atoms with Crippen LogP contribution in [0.3, 0.4) is 0 Å². The van der Waals surface area contributed by atoms with Crippen LogP contribution in [0.4, 0.5) is 5.95 Å². The van der Waals surface area contributed by atoms with Gasteiger partial charge in [0.1, 0.15) is 0 Å². The molecule has 1 aliphatic carbocycles. The Hall–Kier alpha value is -1.12. The monoisotopic (exact) mass is 203 g/mol. The average molecular weight is 203 g/mol. The molecule has 1 aromatic heterocycles. The van der Waals surface area contributed by atoms with Gasteiger partial charge in [-0.25, -0.2) is 9.97 Å². The SMILES string of the molecule is CC(C)c1ccnc(N2CC3CC2C3)n1. The van der Waals surface area contributed by atoms with E-state index in [1.165, 1.54) is 19.4 Å². The smallest absolute Gasteiger partial charge is 0.225 e. The Morgan fingerprint density at radius 2 is 2.20 bits per heavy atom. The highest BCUT2D eigenvalue weighted by molar-refractivity contribution is 5.38. The van der Waals surface area contributed by atoms with Crippen LogP contribution < -0.4 is 4.90 Å². The first-order valence-corrected chi connectivity index (χ1v) is 5.83. The summed E-state index contributed by atoms with van der Waals surface area (Å²) in [6.45, 7) is 5.53. The van der Waals surface area contributed by atoms with Gasteiger partial charge in [0.25, 0.3) is 0 Å². The molecule has 4 rings (SSSR count). The molecule has 1 saturated carbocycles. The van der Waals surface area contributed by atoms with Crippen molar-refractivity contribution in [1.82, 2.24) is 9.97 Å². The van der Waals surface area contributed by atoms with Crippen LogP contribution in [-0.4, -0.2) is 22.6 Å². The van der Waals surface area contributed by atoms with E-state index in [1.807, 2.05) is 12.3 Å². The van der Waals surface area contributed by atoms with Gasteiger partial charge in [0.15, 0.2) is 0 Å². The predicted octanol–water partition coefficient (Wildman–Crippen LogP) is 2.20. The molecule has 0 aromatic carbocycles. The van der Waals surface area contributed by atoms with Crippen LogP contribution in [0.1, 0.15) is 38.3 Å². The fourth-order valence-corrected chi connectivity index (χ4v) is 2.60. The Kier molecular flexibility index (Phi) is 1.94. The maximum atomic E-state index is 4.65. The highest BCUT2D eigenvalue weighted by Gasteiger charge is 2.43. The number of fused-ring (bicyclic) bond motifs is 1. The summed E-state index contributed by atoms with van der Waals surface area (Å²) in [4.78, 5) is 11.4. The first-order valence-electron chi connectivity index (χ1n) is 5.83. The Bertz CT molecular complexity index is 369. The third kappa shape index (κ3) is 1.41. The molecule has 3 fully saturated rings. The van der Waals surface area contributed by atoms with Gasteiger partial charge >= 0.3 is 0 Å². The van der Waals surface area contributed by atoms with Crippen LogP contribution >= 0.6 is 0 Å². The zero-order chi connectivity index (χ0) is 10.4. The largest absolute Gasteiger partial charge is 0.338 e. The van der Waals surface area contributed by atoms with Crippen molar-refractivity contribution in [2.75, 3.05) is 11.4 Å². The van der Waals surface area contributed by atoms with Crippen molar-refractivity contribution in [2.45, 2.75) is 38.6 Å². The Morgan fingerprint density at radius 3 is 2.80 bits per heavy atom. The normalized spacial score (nSPS) is 28.3. The number of hydrogen-bond donors (Lipinski definition) is 0. The fraction of sp³-hybridized carbons (Fsp3) is 0.667. The summed E-state index contributed by atoms with van der Waals surface area (Å²) in [6.07, 6.45) is 4.61. The second-order valence-electron chi connectivity index (χ2n) is 5.08. The average Bonchev–Trinajstić information content (AvgIpc) is 2.75. The quantitative estimate of drug-likeness (QED) is 0.738. The Morgan fingerprint density at radius 1 is 1.40 bits per heavy atom. The van der Waals surface area contributed by atoms with Gasteiger partial charge in [-0.1, -0.05) is 13.8 Å². The number of nitrogens with zero attached hydrogens (tertiary/aromatic N) is 3. The first kappa shape index (κ1) is 9.13. The standard InChI is InChI=1S/C12H17N3/c1-8(2)11-3-4-13-12(14-11)15-7-9-5-10(15)6-9/h3-4,8-10H,5-7H2,1-2H3. The van der Waals surface area contributed by atoms with Crippen LogP contribution in [0.5, 0.6) is 0 Å². The molecule has 2 saturated heterocycles. The van der Waals surface area contributed by atoms with Gasteiger partial charge in [-0.05, 0) is 30.7 Å². The second-order valence-corrected chi connectivity index (χ2v) is 5.08. The van der Waals surface area contributed by atoms with Gasteiger partial charge in [0.05, 0.1) is 0 Å². The van der Waals surface area contributed by atoms with Gasteiger partial charge in [-0.15, -0.1) is 0 Å². The minimum atomic E-state index is 0.490. The van der Waals surface area contributed by atoms with Crippen molar-refractivity contribution in [1.29, 1.82) is 0 Å². The topological polar surface area (TPSA) is 29.0 Å². The minimum absolute atomic E-state index is 0.490. The second kappa shape index (κ2) is 3.19. The van der Waals surface area contributed by atoms with Crippen molar-refractivity contribution in [3.8, 4) is 0 Å². The van der Waals surface area contributed by atoms with E-state index in [9.17, 15) is 0 Å². The van der Waals surface area contributed by atoms with E-state index >= 15 is 0 Å². The molecule has 80 valence electrons. The van der Waals surface area contributed by atoms with Gasteiger partial charge in [-0.2, -0.15) is 0 Å². The highest BCUT2D eigenvalue weighted by atomic mass is 15.3. The third-order valence-corrected chi connectivity index (χ3v) is 3.62. The molecule has 0 radical (unpaired) electrons. The predicted molar refractivity (Wildman–Crippen MR) is 60.0 cm³/mol.